The van der Waals surface area contributed by atoms with Gasteiger partial charge in [-0.25, -0.2) is 0 Å². The van der Waals surface area contributed by atoms with Crippen molar-refractivity contribution in [2.24, 2.45) is 0 Å². The molecule has 2 atom stereocenters. The molecule has 250 valence electrons. The van der Waals surface area contributed by atoms with E-state index in [1.165, 1.54) is 38.9 Å². The molecule has 1 aliphatic heterocycles. The Bertz CT molecular complexity index is 1020. The lowest BCUT2D eigenvalue weighted by Gasteiger charge is -2.28. The van der Waals surface area contributed by atoms with Gasteiger partial charge in [0.1, 0.15) is 12.6 Å². The highest BCUT2D eigenvalue weighted by Gasteiger charge is 2.28. The minimum atomic E-state index is -0.841. The number of nitrogens with one attached hydrogen (secondary N) is 4. The first-order valence-electron chi connectivity index (χ1n) is 16.2. The Kier molecular flexibility index (Phi) is 25.9. The first kappa shape index (κ1) is 42.4. The average Bonchev–Trinajstić information content (AvgIpc) is 3.05. The molecular formula is C34H58N4O6. The number of esters is 1. The molecule has 0 saturated carbocycles. The van der Waals surface area contributed by atoms with Crippen LogP contribution in [0.2, 0.25) is 0 Å². The van der Waals surface area contributed by atoms with Crippen molar-refractivity contribution in [2.75, 3.05) is 20.2 Å². The second-order valence-electron chi connectivity index (χ2n) is 9.88. The van der Waals surface area contributed by atoms with Gasteiger partial charge in [-0.2, -0.15) is 0 Å². The average molecular weight is 619 g/mol. The minimum Gasteiger partial charge on any atom is -0.468 e. The molecule has 1 aromatic carbocycles. The van der Waals surface area contributed by atoms with Crippen molar-refractivity contribution in [3.8, 4) is 0 Å². The molecule has 1 aromatic rings. The summed E-state index contributed by atoms with van der Waals surface area (Å²) in [6.45, 7) is 15.9. The fraction of sp³-hybridized carbons (Fsp3) is 0.618. The molecule has 4 amide bonds. The standard InChI is InChI=1S/C24H32N4O6.2C4H10.C2H6/c1-4-8-18-17(15-10-6-7-11-16(15)23(32)28-18)12-20(29)25-13-21(30)27-19(9-5-2)24(33)26-14-22(31)34-3;2*1-3-4-2;1-2/h6-7,10-12,18-19H,4-5,8-9,13-14H2,1-3H3,(H,25,29)(H,26,33)(H,27,30)(H,28,32);2*3-4H2,1-2H3;1-2H3/b17-12-;;;. The lowest BCUT2D eigenvalue weighted by Crippen LogP contribution is -2.50. The molecule has 2 unspecified atom stereocenters. The van der Waals surface area contributed by atoms with Gasteiger partial charge in [0, 0.05) is 11.6 Å². The highest BCUT2D eigenvalue weighted by Crippen LogP contribution is 2.29. The Morgan fingerprint density at radius 3 is 1.91 bits per heavy atom. The highest BCUT2D eigenvalue weighted by atomic mass is 16.5. The van der Waals surface area contributed by atoms with Crippen LogP contribution in [-0.2, 0) is 23.9 Å². The number of benzene rings is 1. The number of amides is 4. The third-order valence-electron chi connectivity index (χ3n) is 6.31. The fourth-order valence-electron chi connectivity index (χ4n) is 3.65. The van der Waals surface area contributed by atoms with Crippen molar-refractivity contribution in [2.45, 2.75) is 119 Å². The number of fused-ring (bicyclic) bond motifs is 1. The summed E-state index contributed by atoms with van der Waals surface area (Å²) in [6.07, 6.45) is 9.15. The van der Waals surface area contributed by atoms with E-state index in [9.17, 15) is 24.0 Å². The van der Waals surface area contributed by atoms with Crippen LogP contribution in [-0.4, -0.2) is 61.9 Å². The zero-order valence-corrected chi connectivity index (χ0v) is 28.6. The van der Waals surface area contributed by atoms with E-state index in [0.717, 1.165) is 6.42 Å². The van der Waals surface area contributed by atoms with Crippen LogP contribution >= 0.6 is 0 Å². The lowest BCUT2D eigenvalue weighted by molar-refractivity contribution is -0.141. The lowest BCUT2D eigenvalue weighted by atomic mass is 9.87. The van der Waals surface area contributed by atoms with Gasteiger partial charge in [-0.05, 0) is 30.0 Å². The van der Waals surface area contributed by atoms with Crippen LogP contribution in [0, 0.1) is 0 Å². The number of ether oxygens (including phenoxy) is 1. The molecule has 4 N–H and O–H groups in total. The van der Waals surface area contributed by atoms with Crippen LogP contribution in [0.4, 0.5) is 0 Å². The predicted octanol–water partition coefficient (Wildman–Crippen LogP) is 5.31. The molecule has 10 nitrogen and oxygen atoms in total. The summed E-state index contributed by atoms with van der Waals surface area (Å²) in [6, 6.07) is 5.91. The quantitative estimate of drug-likeness (QED) is 0.174. The Balaban J connectivity index is 0. The van der Waals surface area contributed by atoms with E-state index in [0.29, 0.717) is 36.0 Å². The van der Waals surface area contributed by atoms with E-state index in [2.05, 4.69) is 53.7 Å². The summed E-state index contributed by atoms with van der Waals surface area (Å²) < 4.78 is 4.48. The molecule has 0 aromatic heterocycles. The van der Waals surface area contributed by atoms with Crippen molar-refractivity contribution in [1.82, 2.24) is 21.3 Å². The zero-order valence-electron chi connectivity index (χ0n) is 28.6. The number of hydrogen-bond acceptors (Lipinski definition) is 6. The summed E-state index contributed by atoms with van der Waals surface area (Å²) in [5.74, 6) is -2.32. The molecule has 0 aliphatic carbocycles. The van der Waals surface area contributed by atoms with Crippen molar-refractivity contribution in [3.05, 3.63) is 41.5 Å². The highest BCUT2D eigenvalue weighted by molar-refractivity contribution is 6.07. The molecule has 0 spiro atoms. The molecular weight excluding hydrogens is 560 g/mol. The summed E-state index contributed by atoms with van der Waals surface area (Å²) >= 11 is 0. The van der Waals surface area contributed by atoms with Gasteiger partial charge in [0.25, 0.3) is 5.91 Å². The molecule has 0 saturated heterocycles. The van der Waals surface area contributed by atoms with E-state index in [4.69, 9.17) is 0 Å². The maximum Gasteiger partial charge on any atom is 0.325 e. The molecule has 44 heavy (non-hydrogen) atoms. The SMILES string of the molecule is CC.CCCC.CCCC.CCCC(NC(=O)CNC(=O)/C=C1/c2ccccc2C(=O)NC1CCC)C(=O)NCC(=O)OC. The Morgan fingerprint density at radius 1 is 0.841 bits per heavy atom. The number of methoxy groups -OCH3 is 1. The van der Waals surface area contributed by atoms with Crippen LogP contribution in [0.25, 0.3) is 5.57 Å². The third-order valence-corrected chi connectivity index (χ3v) is 6.31. The molecule has 0 fully saturated rings. The van der Waals surface area contributed by atoms with Gasteiger partial charge < -0.3 is 26.0 Å². The van der Waals surface area contributed by atoms with Gasteiger partial charge in [0.2, 0.25) is 17.7 Å². The number of hydrogen-bond donors (Lipinski definition) is 4. The monoisotopic (exact) mass is 618 g/mol. The summed E-state index contributed by atoms with van der Waals surface area (Å²) in [5.41, 5.74) is 1.86. The van der Waals surface area contributed by atoms with E-state index in [1.54, 1.807) is 24.3 Å². The first-order valence-corrected chi connectivity index (χ1v) is 16.2. The van der Waals surface area contributed by atoms with E-state index in [1.807, 2.05) is 27.7 Å². The van der Waals surface area contributed by atoms with Gasteiger partial charge in [-0.3, -0.25) is 24.0 Å². The molecule has 0 bridgehead atoms. The van der Waals surface area contributed by atoms with Gasteiger partial charge in [0.05, 0.1) is 19.7 Å². The van der Waals surface area contributed by atoms with Crippen molar-refractivity contribution in [3.63, 3.8) is 0 Å². The van der Waals surface area contributed by atoms with E-state index < -0.39 is 29.7 Å². The van der Waals surface area contributed by atoms with Gasteiger partial charge >= 0.3 is 5.97 Å². The predicted molar refractivity (Wildman–Crippen MR) is 178 cm³/mol. The van der Waals surface area contributed by atoms with Crippen LogP contribution in [0.1, 0.15) is 123 Å². The van der Waals surface area contributed by atoms with Crippen molar-refractivity contribution >= 4 is 35.2 Å². The summed E-state index contributed by atoms with van der Waals surface area (Å²) in [7, 11) is 1.21. The molecule has 1 heterocycles. The minimum absolute atomic E-state index is 0.182. The molecule has 10 heteroatoms. The number of carbonyl (C=O) groups excluding carboxylic acids is 5. The smallest absolute Gasteiger partial charge is 0.325 e. The maximum atomic E-state index is 12.6. The molecule has 1 aliphatic rings. The van der Waals surface area contributed by atoms with Gasteiger partial charge in [0.15, 0.2) is 0 Å². The van der Waals surface area contributed by atoms with Crippen LogP contribution in [0.3, 0.4) is 0 Å². The Hall–Kier alpha value is -3.69. The number of rotatable bonds is 13. The first-order chi connectivity index (χ1) is 21.1. The largest absolute Gasteiger partial charge is 0.468 e. The normalized spacial score (nSPS) is 14.3. The summed E-state index contributed by atoms with van der Waals surface area (Å²) in [5, 5.41) is 10.4. The number of carbonyl (C=O) groups is 5. The van der Waals surface area contributed by atoms with Gasteiger partial charge in [-0.1, -0.05) is 112 Å². The second-order valence-corrected chi connectivity index (χ2v) is 9.88. The molecule has 0 radical (unpaired) electrons. The van der Waals surface area contributed by atoms with Crippen LogP contribution in [0.15, 0.2) is 30.3 Å². The number of unbranched alkanes of at least 4 members (excludes halogenated alkanes) is 2. The fourth-order valence-corrected chi connectivity index (χ4v) is 3.65. The topological polar surface area (TPSA) is 143 Å². The maximum absolute atomic E-state index is 12.6. The van der Waals surface area contributed by atoms with Gasteiger partial charge in [-0.15, -0.1) is 0 Å². The van der Waals surface area contributed by atoms with E-state index in [-0.39, 0.29) is 25.0 Å². The Labute approximate surface area is 265 Å². The van der Waals surface area contributed by atoms with Crippen molar-refractivity contribution < 1.29 is 28.7 Å². The summed E-state index contributed by atoms with van der Waals surface area (Å²) in [4.78, 5) is 60.8. The molecule has 2 rings (SSSR count). The van der Waals surface area contributed by atoms with Crippen LogP contribution in [0.5, 0.6) is 0 Å². The third kappa shape index (κ3) is 17.4. The van der Waals surface area contributed by atoms with Crippen molar-refractivity contribution in [1.29, 1.82) is 0 Å². The van der Waals surface area contributed by atoms with Crippen LogP contribution < -0.4 is 21.3 Å². The second kappa shape index (κ2) is 26.9. The Morgan fingerprint density at radius 2 is 1.41 bits per heavy atom. The zero-order chi connectivity index (χ0) is 33.9. The van der Waals surface area contributed by atoms with E-state index >= 15 is 0 Å².